The zero-order valence-electron chi connectivity index (χ0n) is 6.74. The minimum Gasteiger partial charge on any atom is -0.359 e. The normalized spacial score (nSPS) is 10.5. The second-order valence-electron chi connectivity index (χ2n) is 2.47. The summed E-state index contributed by atoms with van der Waals surface area (Å²) in [7, 11) is 4.09. The van der Waals surface area contributed by atoms with Crippen molar-refractivity contribution in [1.29, 1.82) is 0 Å². The Balaban J connectivity index is 2.14. The molecule has 0 radical (unpaired) electrons. The largest absolute Gasteiger partial charge is 0.359 e. The third-order valence-electron chi connectivity index (χ3n) is 1.20. The Morgan fingerprint density at radius 3 is 3.00 bits per heavy atom. The van der Waals surface area contributed by atoms with Gasteiger partial charge in [0.25, 0.3) is 0 Å². The fourth-order valence-electron chi connectivity index (χ4n) is 0.637. The van der Waals surface area contributed by atoms with Gasteiger partial charge in [0.1, 0.15) is 5.51 Å². The number of anilines is 1. The molecule has 0 aliphatic carbocycles. The topological polar surface area (TPSA) is 41.0 Å². The minimum absolute atomic E-state index is 0.895. The van der Waals surface area contributed by atoms with E-state index in [4.69, 9.17) is 0 Å². The lowest BCUT2D eigenvalue weighted by molar-refractivity contribution is 0.425. The summed E-state index contributed by atoms with van der Waals surface area (Å²) >= 11 is 1.52. The van der Waals surface area contributed by atoms with Crippen LogP contribution in [0.3, 0.4) is 0 Å². The highest BCUT2D eigenvalue weighted by atomic mass is 32.1. The molecule has 1 rings (SSSR count). The van der Waals surface area contributed by atoms with Crippen LogP contribution in [-0.2, 0) is 0 Å². The smallest absolute Gasteiger partial charge is 0.205 e. The molecule has 0 aromatic carbocycles. The summed E-state index contributed by atoms with van der Waals surface area (Å²) in [5.41, 5.74) is 1.72. The van der Waals surface area contributed by atoms with Gasteiger partial charge in [0.2, 0.25) is 5.13 Å². The molecule has 0 bridgehead atoms. The number of hydrogen-bond donors (Lipinski definition) is 1. The van der Waals surface area contributed by atoms with Gasteiger partial charge in [-0.05, 0) is 14.1 Å². The first-order valence-corrected chi connectivity index (χ1v) is 4.32. The molecule has 1 aromatic rings. The highest BCUT2D eigenvalue weighted by Crippen LogP contribution is 2.06. The van der Waals surface area contributed by atoms with Crippen molar-refractivity contribution in [3.63, 3.8) is 0 Å². The maximum atomic E-state index is 3.85. The molecule has 0 atom stereocenters. The molecule has 1 aromatic heterocycles. The molecule has 0 fully saturated rings. The molecular weight excluding hydrogens is 160 g/mol. The summed E-state index contributed by atoms with van der Waals surface area (Å²) < 4.78 is 0. The van der Waals surface area contributed by atoms with Crippen LogP contribution >= 0.6 is 11.3 Å². The number of likely N-dealkylation sites (N-methyl/N-ethyl adjacent to an activating group) is 1. The lowest BCUT2D eigenvalue weighted by Crippen LogP contribution is -2.20. The van der Waals surface area contributed by atoms with Crippen molar-refractivity contribution < 1.29 is 0 Å². The molecule has 0 spiro atoms. The van der Waals surface area contributed by atoms with E-state index in [2.05, 4.69) is 20.4 Å². The molecule has 62 valence electrons. The van der Waals surface area contributed by atoms with Crippen LogP contribution < -0.4 is 5.32 Å². The van der Waals surface area contributed by atoms with Gasteiger partial charge in [-0.3, -0.25) is 0 Å². The van der Waals surface area contributed by atoms with Crippen molar-refractivity contribution in [2.75, 3.05) is 32.5 Å². The molecule has 5 heteroatoms. The molecule has 0 saturated carbocycles. The van der Waals surface area contributed by atoms with Crippen molar-refractivity contribution in [2.24, 2.45) is 0 Å². The van der Waals surface area contributed by atoms with Gasteiger partial charge >= 0.3 is 0 Å². The predicted octanol–water partition coefficient (Wildman–Crippen LogP) is 0.512. The van der Waals surface area contributed by atoms with E-state index in [1.165, 1.54) is 11.3 Å². The first kappa shape index (κ1) is 8.42. The van der Waals surface area contributed by atoms with Crippen LogP contribution in [0.25, 0.3) is 0 Å². The highest BCUT2D eigenvalue weighted by Gasteiger charge is 1.93. The number of hydrogen-bond acceptors (Lipinski definition) is 5. The van der Waals surface area contributed by atoms with Crippen LogP contribution in [0, 0.1) is 0 Å². The molecule has 11 heavy (non-hydrogen) atoms. The molecule has 1 N–H and O–H groups in total. The summed E-state index contributed by atoms with van der Waals surface area (Å²) in [6, 6.07) is 0. The third-order valence-corrected chi connectivity index (χ3v) is 1.84. The van der Waals surface area contributed by atoms with Gasteiger partial charge < -0.3 is 10.2 Å². The van der Waals surface area contributed by atoms with Crippen molar-refractivity contribution in [1.82, 2.24) is 15.1 Å². The fraction of sp³-hybridized carbons (Fsp3) is 0.667. The zero-order valence-corrected chi connectivity index (χ0v) is 7.56. The lowest BCUT2D eigenvalue weighted by atomic mass is 10.6. The number of nitrogens with one attached hydrogen (secondary N) is 1. The van der Waals surface area contributed by atoms with E-state index < -0.39 is 0 Å². The van der Waals surface area contributed by atoms with Crippen molar-refractivity contribution in [3.8, 4) is 0 Å². The summed E-state index contributed by atoms with van der Waals surface area (Å²) in [6.45, 7) is 1.93. The Kier molecular flexibility index (Phi) is 3.25. The van der Waals surface area contributed by atoms with Crippen LogP contribution in [0.5, 0.6) is 0 Å². The molecule has 0 aliphatic heterocycles. The lowest BCUT2D eigenvalue weighted by Gasteiger charge is -2.08. The first-order chi connectivity index (χ1) is 5.29. The Morgan fingerprint density at radius 2 is 2.45 bits per heavy atom. The van der Waals surface area contributed by atoms with Crippen LogP contribution in [0.2, 0.25) is 0 Å². The maximum Gasteiger partial charge on any atom is 0.205 e. The Hall–Kier alpha value is -0.680. The summed E-state index contributed by atoms with van der Waals surface area (Å²) in [5.74, 6) is 0. The molecule has 0 saturated heterocycles. The number of rotatable bonds is 4. The molecule has 1 heterocycles. The Morgan fingerprint density at radius 1 is 1.64 bits per heavy atom. The maximum absolute atomic E-state index is 3.85. The van der Waals surface area contributed by atoms with Gasteiger partial charge in [-0.25, -0.2) is 0 Å². The van der Waals surface area contributed by atoms with Gasteiger partial charge in [-0.1, -0.05) is 11.3 Å². The Labute approximate surface area is 70.2 Å². The fourth-order valence-corrected chi connectivity index (χ4v) is 1.11. The van der Waals surface area contributed by atoms with E-state index in [0.717, 1.165) is 18.2 Å². The average Bonchev–Trinajstić information content (AvgIpc) is 2.39. The SMILES string of the molecule is CN(C)CCNc1nncs1. The second kappa shape index (κ2) is 4.25. The van der Waals surface area contributed by atoms with Crippen LogP contribution in [0.4, 0.5) is 5.13 Å². The van der Waals surface area contributed by atoms with Crippen molar-refractivity contribution in [3.05, 3.63) is 5.51 Å². The van der Waals surface area contributed by atoms with E-state index in [9.17, 15) is 0 Å². The van der Waals surface area contributed by atoms with Crippen LogP contribution in [-0.4, -0.2) is 42.3 Å². The first-order valence-electron chi connectivity index (χ1n) is 3.44. The number of nitrogens with zero attached hydrogens (tertiary/aromatic N) is 3. The standard InChI is InChI=1S/C6H12N4S/c1-10(2)4-3-7-6-9-8-5-11-6/h5H,3-4H2,1-2H3,(H,7,9). The molecule has 0 unspecified atom stereocenters. The van der Waals surface area contributed by atoms with Gasteiger partial charge in [0.15, 0.2) is 0 Å². The van der Waals surface area contributed by atoms with E-state index in [-0.39, 0.29) is 0 Å². The summed E-state index contributed by atoms with van der Waals surface area (Å²) in [4.78, 5) is 2.12. The van der Waals surface area contributed by atoms with E-state index >= 15 is 0 Å². The quantitative estimate of drug-likeness (QED) is 0.718. The van der Waals surface area contributed by atoms with Gasteiger partial charge in [0.05, 0.1) is 0 Å². The van der Waals surface area contributed by atoms with E-state index in [1.54, 1.807) is 5.51 Å². The predicted molar refractivity (Wildman–Crippen MR) is 47.0 cm³/mol. The van der Waals surface area contributed by atoms with E-state index in [0.29, 0.717) is 0 Å². The molecular formula is C6H12N4S. The summed E-state index contributed by atoms with van der Waals surface area (Å²) in [6.07, 6.45) is 0. The zero-order chi connectivity index (χ0) is 8.10. The van der Waals surface area contributed by atoms with Crippen LogP contribution in [0.15, 0.2) is 5.51 Å². The monoisotopic (exact) mass is 172 g/mol. The molecule has 0 aliphatic rings. The van der Waals surface area contributed by atoms with Gasteiger partial charge in [0, 0.05) is 13.1 Å². The average molecular weight is 172 g/mol. The van der Waals surface area contributed by atoms with E-state index in [1.807, 2.05) is 14.1 Å². The van der Waals surface area contributed by atoms with Gasteiger partial charge in [-0.2, -0.15) is 0 Å². The molecule has 4 nitrogen and oxygen atoms in total. The molecule has 0 amide bonds. The van der Waals surface area contributed by atoms with Crippen molar-refractivity contribution >= 4 is 16.5 Å². The minimum atomic E-state index is 0.895. The highest BCUT2D eigenvalue weighted by molar-refractivity contribution is 7.13. The second-order valence-corrected chi connectivity index (χ2v) is 3.31. The number of aromatic nitrogens is 2. The van der Waals surface area contributed by atoms with Gasteiger partial charge in [-0.15, -0.1) is 10.2 Å². The third kappa shape index (κ3) is 3.29. The Bertz CT molecular complexity index is 184. The summed E-state index contributed by atoms with van der Waals surface area (Å²) in [5, 5.41) is 11.6. The van der Waals surface area contributed by atoms with Crippen LogP contribution in [0.1, 0.15) is 0 Å². The van der Waals surface area contributed by atoms with Crippen molar-refractivity contribution in [2.45, 2.75) is 0 Å².